The lowest BCUT2D eigenvalue weighted by atomic mass is 10.1. The first kappa shape index (κ1) is 26.1. The first-order valence-corrected chi connectivity index (χ1v) is 10.9. The molecule has 0 spiro atoms. The molecule has 0 aromatic heterocycles. The van der Waals surface area contributed by atoms with Gasteiger partial charge >= 0.3 is 6.18 Å². The van der Waals surface area contributed by atoms with Gasteiger partial charge in [-0.25, -0.2) is 0 Å². The van der Waals surface area contributed by atoms with E-state index in [0.717, 1.165) is 5.56 Å². The predicted octanol–water partition coefficient (Wildman–Crippen LogP) is 7.60. The van der Waals surface area contributed by atoms with E-state index in [4.69, 9.17) is 33.3 Å². The van der Waals surface area contributed by atoms with Crippen molar-refractivity contribution in [3.63, 3.8) is 0 Å². The van der Waals surface area contributed by atoms with Gasteiger partial charge in [0.2, 0.25) is 0 Å². The molecule has 10 heteroatoms. The Morgan fingerprint density at radius 2 is 1.57 bits per heavy atom. The van der Waals surface area contributed by atoms with Crippen LogP contribution in [-0.2, 0) is 0 Å². The average Bonchev–Trinajstić information content (AvgIpc) is 2.81. The van der Waals surface area contributed by atoms with Gasteiger partial charge in [-0.15, -0.1) is 0 Å². The van der Waals surface area contributed by atoms with Gasteiger partial charge in [0.25, 0.3) is 5.91 Å². The zero-order valence-corrected chi connectivity index (χ0v) is 20.1. The molecule has 0 aliphatic carbocycles. The molecular formula is C25H20Cl2F3N3O2. The van der Waals surface area contributed by atoms with Crippen LogP contribution < -0.4 is 15.4 Å². The Kier molecular flexibility index (Phi) is 8.09. The monoisotopic (exact) mass is 521 g/mol. The first-order chi connectivity index (χ1) is 16.5. The van der Waals surface area contributed by atoms with Crippen LogP contribution in [0.1, 0.15) is 21.5 Å². The van der Waals surface area contributed by atoms with Gasteiger partial charge in [-0.2, -0.15) is 13.2 Å². The lowest BCUT2D eigenvalue weighted by Gasteiger charge is -2.15. The summed E-state index contributed by atoms with van der Waals surface area (Å²) in [6.45, 7) is 1.78. The van der Waals surface area contributed by atoms with Crippen molar-refractivity contribution in [3.05, 3.63) is 93.5 Å². The Balaban J connectivity index is 1.90. The fourth-order valence-electron chi connectivity index (χ4n) is 3.05. The standard InChI is InChI=1S/C25H20Cl2F3N3O2/c1-14-11-21(22(35-2)12-18(14)27)33-24(34)16-9-7-15(8-10-16)20(13-23(31)25(28,29)30)32-19-6-4-3-5-17(19)26/h3-13,31-32H,1-2H3,(H,33,34)/b20-13-,31-23?. The van der Waals surface area contributed by atoms with Crippen LogP contribution in [-0.4, -0.2) is 24.9 Å². The van der Waals surface area contributed by atoms with Gasteiger partial charge in [0.1, 0.15) is 11.5 Å². The number of para-hydroxylation sites is 1. The zero-order valence-electron chi connectivity index (χ0n) is 18.6. The summed E-state index contributed by atoms with van der Waals surface area (Å²) in [7, 11) is 1.45. The molecule has 5 nitrogen and oxygen atoms in total. The highest BCUT2D eigenvalue weighted by atomic mass is 35.5. The number of hydrogen-bond donors (Lipinski definition) is 3. The van der Waals surface area contributed by atoms with Crippen molar-refractivity contribution < 1.29 is 22.7 Å². The highest BCUT2D eigenvalue weighted by Gasteiger charge is 2.33. The van der Waals surface area contributed by atoms with Crippen LogP contribution in [0, 0.1) is 12.3 Å². The van der Waals surface area contributed by atoms with Crippen molar-refractivity contribution in [1.82, 2.24) is 0 Å². The summed E-state index contributed by atoms with van der Waals surface area (Å²) < 4.78 is 44.4. The fraction of sp³-hybridized carbons (Fsp3) is 0.120. The molecule has 0 aliphatic rings. The number of aryl methyl sites for hydroxylation is 1. The van der Waals surface area contributed by atoms with Crippen molar-refractivity contribution in [2.24, 2.45) is 0 Å². The highest BCUT2D eigenvalue weighted by Crippen LogP contribution is 2.32. The number of rotatable bonds is 7. The number of carbonyl (C=O) groups excluding carboxylic acids is 1. The number of allylic oxidation sites excluding steroid dienone is 1. The molecule has 3 aromatic carbocycles. The smallest absolute Gasteiger partial charge is 0.432 e. The van der Waals surface area contributed by atoms with E-state index < -0.39 is 17.8 Å². The average molecular weight is 522 g/mol. The van der Waals surface area contributed by atoms with Crippen molar-refractivity contribution in [3.8, 4) is 5.75 Å². The van der Waals surface area contributed by atoms with Crippen molar-refractivity contribution in [1.29, 1.82) is 5.41 Å². The third-order valence-electron chi connectivity index (χ3n) is 4.92. The number of benzene rings is 3. The van der Waals surface area contributed by atoms with Crippen molar-refractivity contribution >= 4 is 51.9 Å². The maximum Gasteiger partial charge on any atom is 0.432 e. The molecule has 182 valence electrons. The second-order valence-electron chi connectivity index (χ2n) is 7.41. The van der Waals surface area contributed by atoms with Crippen LogP contribution in [0.15, 0.2) is 66.7 Å². The van der Waals surface area contributed by atoms with Crippen molar-refractivity contribution in [2.45, 2.75) is 13.1 Å². The molecule has 3 aromatic rings. The van der Waals surface area contributed by atoms with Gasteiger partial charge in [-0.3, -0.25) is 10.2 Å². The number of alkyl halides is 3. The Morgan fingerprint density at radius 1 is 0.943 bits per heavy atom. The normalized spacial score (nSPS) is 11.7. The summed E-state index contributed by atoms with van der Waals surface area (Å²) >= 11 is 12.2. The number of carbonyl (C=O) groups is 1. The minimum atomic E-state index is -4.83. The summed E-state index contributed by atoms with van der Waals surface area (Å²) in [5.41, 5.74) is 0.541. The molecule has 0 heterocycles. The highest BCUT2D eigenvalue weighted by molar-refractivity contribution is 6.33. The quantitative estimate of drug-likeness (QED) is 0.280. The van der Waals surface area contributed by atoms with E-state index in [2.05, 4.69) is 10.6 Å². The molecule has 0 aliphatic heterocycles. The third kappa shape index (κ3) is 6.55. The Morgan fingerprint density at radius 3 is 2.17 bits per heavy atom. The molecule has 1 amide bonds. The van der Waals surface area contributed by atoms with Crippen LogP contribution >= 0.6 is 23.2 Å². The molecule has 0 fully saturated rings. The number of anilines is 2. The maximum absolute atomic E-state index is 13.0. The summed E-state index contributed by atoms with van der Waals surface area (Å²) in [6.07, 6.45) is -4.16. The summed E-state index contributed by atoms with van der Waals surface area (Å²) in [5.74, 6) is -0.0745. The van der Waals surface area contributed by atoms with Gasteiger partial charge in [-0.05, 0) is 54.5 Å². The fourth-order valence-corrected chi connectivity index (χ4v) is 3.39. The molecule has 0 saturated heterocycles. The largest absolute Gasteiger partial charge is 0.495 e. The minimum absolute atomic E-state index is 0.0117. The van der Waals surface area contributed by atoms with E-state index in [9.17, 15) is 18.0 Å². The van der Waals surface area contributed by atoms with Gasteiger partial charge in [-0.1, -0.05) is 47.5 Å². The van der Waals surface area contributed by atoms with Crippen LogP contribution in [0.25, 0.3) is 5.70 Å². The predicted molar refractivity (Wildman–Crippen MR) is 134 cm³/mol. The number of hydrogen-bond acceptors (Lipinski definition) is 4. The zero-order chi connectivity index (χ0) is 25.8. The lowest BCUT2D eigenvalue weighted by Crippen LogP contribution is -2.20. The minimum Gasteiger partial charge on any atom is -0.495 e. The number of amides is 1. The number of methoxy groups -OCH3 is 1. The molecule has 0 unspecified atom stereocenters. The summed E-state index contributed by atoms with van der Waals surface area (Å²) in [5, 5.41) is 13.7. The molecular weight excluding hydrogens is 502 g/mol. The van der Waals surface area contributed by atoms with E-state index in [1.165, 1.54) is 31.4 Å². The van der Waals surface area contributed by atoms with Crippen LogP contribution in [0.4, 0.5) is 24.5 Å². The van der Waals surface area contributed by atoms with E-state index in [0.29, 0.717) is 38.8 Å². The Bertz CT molecular complexity index is 1290. The molecule has 0 bridgehead atoms. The van der Waals surface area contributed by atoms with Gasteiger partial charge in [0, 0.05) is 22.3 Å². The lowest BCUT2D eigenvalue weighted by molar-refractivity contribution is -0.0583. The first-order valence-electron chi connectivity index (χ1n) is 10.1. The van der Waals surface area contributed by atoms with E-state index in [1.54, 1.807) is 43.3 Å². The van der Waals surface area contributed by atoms with Crippen LogP contribution in [0.5, 0.6) is 5.75 Å². The Labute approximate surface area is 210 Å². The van der Waals surface area contributed by atoms with Gasteiger partial charge in [0.05, 0.1) is 23.5 Å². The number of nitrogens with one attached hydrogen (secondary N) is 3. The molecule has 0 atom stereocenters. The summed E-state index contributed by atoms with van der Waals surface area (Å²) in [4.78, 5) is 12.8. The number of halogens is 5. The second kappa shape index (κ2) is 10.8. The number of ether oxygens (including phenoxy) is 1. The maximum atomic E-state index is 13.0. The summed E-state index contributed by atoms with van der Waals surface area (Å²) in [6, 6.07) is 15.6. The molecule has 3 rings (SSSR count). The van der Waals surface area contributed by atoms with Gasteiger partial charge in [0.15, 0.2) is 0 Å². The molecule has 0 saturated carbocycles. The molecule has 3 N–H and O–H groups in total. The van der Waals surface area contributed by atoms with E-state index in [1.807, 2.05) is 0 Å². The van der Waals surface area contributed by atoms with Crippen LogP contribution in [0.2, 0.25) is 10.0 Å². The molecule has 0 radical (unpaired) electrons. The molecule has 35 heavy (non-hydrogen) atoms. The van der Waals surface area contributed by atoms with E-state index >= 15 is 0 Å². The van der Waals surface area contributed by atoms with Crippen molar-refractivity contribution in [2.75, 3.05) is 17.7 Å². The topological polar surface area (TPSA) is 74.2 Å². The van der Waals surface area contributed by atoms with Crippen LogP contribution in [0.3, 0.4) is 0 Å². The SMILES string of the molecule is COc1cc(Cl)c(C)cc1NC(=O)c1ccc(/C(=C/C(=N)C(F)(F)F)Nc2ccccc2Cl)cc1. The third-order valence-corrected chi connectivity index (χ3v) is 5.66. The van der Waals surface area contributed by atoms with Gasteiger partial charge < -0.3 is 15.4 Å². The van der Waals surface area contributed by atoms with E-state index in [-0.39, 0.29) is 11.3 Å². The second-order valence-corrected chi connectivity index (χ2v) is 8.22. The Hall–Kier alpha value is -3.49.